The topological polar surface area (TPSA) is 132 Å². The summed E-state index contributed by atoms with van der Waals surface area (Å²) in [4.78, 5) is 27.5. The molecule has 8 nitrogen and oxygen atoms in total. The van der Waals surface area contributed by atoms with Gasteiger partial charge in [0.15, 0.2) is 5.78 Å². The number of esters is 1. The normalized spacial score (nSPS) is 10.3. The van der Waals surface area contributed by atoms with Crippen LogP contribution in [0.4, 0.5) is 0 Å². The Morgan fingerprint density at radius 2 is 1.72 bits per heavy atom. The average Bonchev–Trinajstić information content (AvgIpc) is 3.12. The highest BCUT2D eigenvalue weighted by molar-refractivity contribution is 6.10. The van der Waals surface area contributed by atoms with Crippen LogP contribution < -0.4 is 5.32 Å². The largest absolute Gasteiger partial charge is 0.464 e. The van der Waals surface area contributed by atoms with E-state index in [1.165, 1.54) is 14.0 Å². The lowest BCUT2D eigenvalue weighted by atomic mass is 9.89. The molecule has 0 unspecified atom stereocenters. The number of H-pyrrole nitrogens is 1. The van der Waals surface area contributed by atoms with E-state index in [9.17, 15) is 24.9 Å². The molecule has 0 spiro atoms. The number of aromatic amines is 1. The van der Waals surface area contributed by atoms with Gasteiger partial charge in [-0.3, -0.25) is 4.79 Å². The van der Waals surface area contributed by atoms with Crippen LogP contribution in [0.2, 0.25) is 0 Å². The summed E-state index contributed by atoms with van der Waals surface area (Å²) in [6.07, 6.45) is 0. The van der Waals surface area contributed by atoms with Crippen LogP contribution in [-0.4, -0.2) is 46.2 Å². The van der Waals surface area contributed by atoms with Crippen molar-refractivity contribution in [3.8, 4) is 11.1 Å². The number of carbonyl (C=O) groups excluding carboxylic acids is 2. The predicted octanol–water partition coefficient (Wildman–Crippen LogP) is 1.67. The van der Waals surface area contributed by atoms with Crippen molar-refractivity contribution in [1.29, 1.82) is 0 Å². The van der Waals surface area contributed by atoms with Crippen molar-refractivity contribution in [2.45, 2.75) is 33.3 Å². The Kier molecular flexibility index (Phi) is 9.43. The molecule has 1 aromatic carbocycles. The molecule has 0 atom stereocenters. The van der Waals surface area contributed by atoms with E-state index in [1.807, 2.05) is 0 Å². The number of hydrogen-bond donors (Lipinski definition) is 5. The molecule has 0 fully saturated rings. The minimum absolute atomic E-state index is 0.0333. The van der Waals surface area contributed by atoms with Crippen molar-refractivity contribution in [3.05, 3.63) is 58.9 Å². The van der Waals surface area contributed by atoms with Gasteiger partial charge >= 0.3 is 5.97 Å². The molecule has 29 heavy (non-hydrogen) atoms. The van der Waals surface area contributed by atoms with Crippen LogP contribution in [0.15, 0.2) is 25.3 Å². The molecule has 0 amide bonds. The van der Waals surface area contributed by atoms with Crippen LogP contribution >= 0.6 is 0 Å². The SMILES string of the molecule is C=C.CNCc1[nH]c(C(=O)OC)c(C(C)=O)c1-c1ccc(CO)c(CO)c1CO. The monoisotopic (exact) mass is 404 g/mol. The Balaban J connectivity index is 0.00000204. The molecule has 5 N–H and O–H groups in total. The summed E-state index contributed by atoms with van der Waals surface area (Å²) in [7, 11) is 2.94. The van der Waals surface area contributed by atoms with Crippen molar-refractivity contribution in [1.82, 2.24) is 10.3 Å². The van der Waals surface area contributed by atoms with Crippen molar-refractivity contribution >= 4 is 11.8 Å². The standard InChI is InChI=1S/C19H24N2O6.C2H4/c1-10(25)16-17(15(6-20-2)21-18(16)19(26)27-3)12-5-4-11(7-22)13(8-23)14(12)9-24;1-2/h4-5,20-24H,6-9H2,1-3H3;1-2H2. The molecule has 0 saturated heterocycles. The third-order valence-corrected chi connectivity index (χ3v) is 4.46. The van der Waals surface area contributed by atoms with E-state index in [1.54, 1.807) is 19.2 Å². The van der Waals surface area contributed by atoms with Crippen molar-refractivity contribution in [3.63, 3.8) is 0 Å². The van der Waals surface area contributed by atoms with Crippen LogP contribution in [0.1, 0.15) is 50.2 Å². The summed E-state index contributed by atoms with van der Waals surface area (Å²) in [5.41, 5.74) is 2.98. The maximum atomic E-state index is 12.4. The number of methoxy groups -OCH3 is 1. The Bertz CT molecular complexity index is 873. The summed E-state index contributed by atoms with van der Waals surface area (Å²) in [6, 6.07) is 3.28. The average molecular weight is 404 g/mol. The summed E-state index contributed by atoms with van der Waals surface area (Å²) in [5.74, 6) is -1.02. The van der Waals surface area contributed by atoms with E-state index in [2.05, 4.69) is 23.5 Å². The number of aromatic nitrogens is 1. The number of carbonyl (C=O) groups is 2. The number of Topliss-reactive ketones (excluding diaryl/α,β-unsaturated/α-hetero) is 1. The fourth-order valence-corrected chi connectivity index (χ4v) is 3.27. The Morgan fingerprint density at radius 3 is 2.17 bits per heavy atom. The van der Waals surface area contributed by atoms with Crippen LogP contribution in [0.5, 0.6) is 0 Å². The van der Waals surface area contributed by atoms with E-state index < -0.39 is 12.6 Å². The van der Waals surface area contributed by atoms with Gasteiger partial charge < -0.3 is 30.4 Å². The zero-order valence-corrected chi connectivity index (χ0v) is 17.0. The van der Waals surface area contributed by atoms with Crippen LogP contribution in [0, 0.1) is 0 Å². The first-order valence-corrected chi connectivity index (χ1v) is 8.90. The zero-order valence-electron chi connectivity index (χ0n) is 17.0. The summed E-state index contributed by atoms with van der Waals surface area (Å²) in [6.45, 7) is 6.58. The lowest BCUT2D eigenvalue weighted by Gasteiger charge is -2.17. The van der Waals surface area contributed by atoms with Gasteiger partial charge in [-0.25, -0.2) is 4.79 Å². The third kappa shape index (κ3) is 4.80. The maximum absolute atomic E-state index is 12.4. The van der Waals surface area contributed by atoms with Gasteiger partial charge in [0.05, 0.1) is 32.5 Å². The van der Waals surface area contributed by atoms with E-state index >= 15 is 0 Å². The Labute approximate surface area is 169 Å². The van der Waals surface area contributed by atoms with Gasteiger partial charge in [0, 0.05) is 17.8 Å². The molecular weight excluding hydrogens is 376 g/mol. The third-order valence-electron chi connectivity index (χ3n) is 4.46. The number of aliphatic hydroxyl groups is 3. The zero-order chi connectivity index (χ0) is 22.1. The minimum atomic E-state index is -0.677. The maximum Gasteiger partial charge on any atom is 0.355 e. The van der Waals surface area contributed by atoms with Crippen molar-refractivity contribution in [2.24, 2.45) is 0 Å². The second kappa shape index (κ2) is 11.3. The molecule has 0 aliphatic carbocycles. The Hall–Kier alpha value is -2.78. The minimum Gasteiger partial charge on any atom is -0.464 e. The number of hydrogen-bond acceptors (Lipinski definition) is 7. The lowest BCUT2D eigenvalue weighted by Crippen LogP contribution is -2.09. The number of ketones is 1. The van der Waals surface area contributed by atoms with Crippen LogP contribution in [0.3, 0.4) is 0 Å². The molecule has 1 aromatic heterocycles. The first kappa shape index (κ1) is 24.3. The van der Waals surface area contributed by atoms with E-state index in [-0.39, 0.29) is 30.3 Å². The molecule has 1 heterocycles. The fourth-order valence-electron chi connectivity index (χ4n) is 3.27. The molecule has 2 aromatic rings. The molecule has 8 heteroatoms. The first-order chi connectivity index (χ1) is 13.9. The second-order valence-electron chi connectivity index (χ2n) is 6.01. The molecule has 0 aliphatic rings. The molecule has 0 radical (unpaired) electrons. The van der Waals surface area contributed by atoms with Gasteiger partial charge in [0.25, 0.3) is 0 Å². The molecule has 158 valence electrons. The lowest BCUT2D eigenvalue weighted by molar-refractivity contribution is 0.0591. The fraction of sp³-hybridized carbons (Fsp3) is 0.333. The van der Waals surface area contributed by atoms with Crippen molar-refractivity contribution in [2.75, 3.05) is 14.2 Å². The van der Waals surface area contributed by atoms with Crippen LogP contribution in [-0.2, 0) is 31.1 Å². The van der Waals surface area contributed by atoms with Gasteiger partial charge in [0.1, 0.15) is 5.69 Å². The number of ether oxygens (including phenoxy) is 1. The Morgan fingerprint density at radius 1 is 1.10 bits per heavy atom. The summed E-state index contributed by atoms with van der Waals surface area (Å²) >= 11 is 0. The van der Waals surface area contributed by atoms with Crippen molar-refractivity contribution < 1.29 is 29.6 Å². The predicted molar refractivity (Wildman–Crippen MR) is 109 cm³/mol. The van der Waals surface area contributed by atoms with Gasteiger partial charge in [-0.15, -0.1) is 13.2 Å². The number of benzene rings is 1. The molecule has 0 bridgehead atoms. The number of aliphatic hydroxyl groups excluding tert-OH is 3. The molecule has 0 aliphatic heterocycles. The number of nitrogens with one attached hydrogen (secondary N) is 2. The van der Waals surface area contributed by atoms with Gasteiger partial charge in [-0.2, -0.15) is 0 Å². The van der Waals surface area contributed by atoms with E-state index in [0.717, 1.165) is 0 Å². The van der Waals surface area contributed by atoms with Gasteiger partial charge in [-0.1, -0.05) is 12.1 Å². The molecular formula is C21H28N2O6. The summed E-state index contributed by atoms with van der Waals surface area (Å²) in [5, 5.41) is 32.1. The smallest absolute Gasteiger partial charge is 0.355 e. The first-order valence-electron chi connectivity index (χ1n) is 8.90. The van der Waals surface area contributed by atoms with Gasteiger partial charge in [0.2, 0.25) is 0 Å². The quantitative estimate of drug-likeness (QED) is 0.257. The molecule has 0 saturated carbocycles. The summed E-state index contributed by atoms with van der Waals surface area (Å²) < 4.78 is 4.78. The highest BCUT2D eigenvalue weighted by atomic mass is 16.5. The van der Waals surface area contributed by atoms with E-state index in [4.69, 9.17) is 4.74 Å². The van der Waals surface area contributed by atoms with E-state index in [0.29, 0.717) is 40.1 Å². The van der Waals surface area contributed by atoms with Gasteiger partial charge in [-0.05, 0) is 36.2 Å². The highest BCUT2D eigenvalue weighted by Crippen LogP contribution is 2.36. The number of rotatable bonds is 8. The van der Waals surface area contributed by atoms with Crippen LogP contribution in [0.25, 0.3) is 11.1 Å². The highest BCUT2D eigenvalue weighted by Gasteiger charge is 2.28. The second-order valence-corrected chi connectivity index (χ2v) is 6.01. The molecule has 2 rings (SSSR count).